The standard InChI is InChI=1S/C13H12.2C7H14.2CH5N/c1-3-7-12(8-4-1)11-13-9-5-2-6-10-13;2*1-7-5-3-2-4-6-7;2*1-2/h1-10H,11H2;2*7H,2-6H2,1H3;2*2H2,1H3. The van der Waals surface area contributed by atoms with Gasteiger partial charge in [0.25, 0.3) is 0 Å². The van der Waals surface area contributed by atoms with Gasteiger partial charge >= 0.3 is 0 Å². The van der Waals surface area contributed by atoms with Crippen molar-refractivity contribution in [3.05, 3.63) is 71.8 Å². The molecule has 176 valence electrons. The van der Waals surface area contributed by atoms with Gasteiger partial charge in [0.05, 0.1) is 0 Å². The lowest BCUT2D eigenvalue weighted by molar-refractivity contribution is 0.385. The van der Waals surface area contributed by atoms with Crippen molar-refractivity contribution in [3.8, 4) is 0 Å². The number of hydrogen-bond acceptors (Lipinski definition) is 2. The molecule has 2 aliphatic carbocycles. The molecular weight excluding hydrogens is 376 g/mol. The summed E-state index contributed by atoms with van der Waals surface area (Å²) in [5.74, 6) is 2.07. The lowest BCUT2D eigenvalue weighted by Crippen LogP contribution is -1.99. The fourth-order valence-electron chi connectivity index (χ4n) is 4.04. The van der Waals surface area contributed by atoms with Crippen LogP contribution in [0.1, 0.15) is 89.2 Å². The summed E-state index contributed by atoms with van der Waals surface area (Å²) < 4.78 is 0. The summed E-state index contributed by atoms with van der Waals surface area (Å²) in [6.45, 7) is 4.72. The fraction of sp³-hybridized carbons (Fsp3) is 0.586. The van der Waals surface area contributed by atoms with Crippen LogP contribution in [0.25, 0.3) is 0 Å². The predicted octanol–water partition coefficient (Wildman–Crippen LogP) is 7.60. The van der Waals surface area contributed by atoms with Crippen LogP contribution in [0.5, 0.6) is 0 Å². The Balaban J connectivity index is 0.000000429. The molecule has 0 bridgehead atoms. The van der Waals surface area contributed by atoms with Crippen molar-refractivity contribution in [2.75, 3.05) is 14.1 Å². The van der Waals surface area contributed by atoms with E-state index in [1.807, 2.05) is 0 Å². The maximum atomic E-state index is 4.50. The maximum Gasteiger partial charge on any atom is -0.00258 e. The summed E-state index contributed by atoms with van der Waals surface area (Å²) in [6.07, 6.45) is 15.9. The highest BCUT2D eigenvalue weighted by atomic mass is 14.4. The zero-order valence-corrected chi connectivity index (χ0v) is 20.9. The average molecular weight is 427 g/mol. The maximum absolute atomic E-state index is 4.50. The van der Waals surface area contributed by atoms with Gasteiger partial charge in [-0.25, -0.2) is 0 Å². The Hall–Kier alpha value is -1.64. The van der Waals surface area contributed by atoms with E-state index in [1.54, 1.807) is 0 Å². The van der Waals surface area contributed by atoms with Crippen molar-refractivity contribution < 1.29 is 0 Å². The predicted molar refractivity (Wildman–Crippen MR) is 140 cm³/mol. The second kappa shape index (κ2) is 21.6. The Morgan fingerprint density at radius 1 is 0.516 bits per heavy atom. The molecule has 2 saturated carbocycles. The van der Waals surface area contributed by atoms with E-state index in [0.717, 1.165) is 18.3 Å². The van der Waals surface area contributed by atoms with E-state index in [9.17, 15) is 0 Å². The van der Waals surface area contributed by atoms with Gasteiger partial charge in [0.1, 0.15) is 0 Å². The molecule has 4 N–H and O–H groups in total. The van der Waals surface area contributed by atoms with Crippen molar-refractivity contribution in [2.24, 2.45) is 23.3 Å². The third kappa shape index (κ3) is 16.7. The first-order valence-electron chi connectivity index (χ1n) is 12.5. The topological polar surface area (TPSA) is 52.0 Å². The molecule has 0 heterocycles. The monoisotopic (exact) mass is 426 g/mol. The van der Waals surface area contributed by atoms with Crippen LogP contribution < -0.4 is 11.5 Å². The number of hydrogen-bond donors (Lipinski definition) is 2. The number of rotatable bonds is 2. The van der Waals surface area contributed by atoms with E-state index in [0.29, 0.717) is 0 Å². The third-order valence-electron chi connectivity index (χ3n) is 5.88. The van der Waals surface area contributed by atoms with Gasteiger partial charge in [-0.05, 0) is 43.5 Å². The van der Waals surface area contributed by atoms with Crippen LogP contribution in [-0.2, 0) is 6.42 Å². The zero-order valence-electron chi connectivity index (χ0n) is 20.9. The molecule has 2 aromatic rings. The third-order valence-corrected chi connectivity index (χ3v) is 5.88. The molecule has 0 amide bonds. The molecule has 4 rings (SSSR count). The first kappa shape index (κ1) is 29.4. The summed E-state index contributed by atoms with van der Waals surface area (Å²) in [6, 6.07) is 21.1. The first-order valence-corrected chi connectivity index (χ1v) is 12.5. The Bertz CT molecular complexity index is 517. The second-order valence-corrected chi connectivity index (χ2v) is 8.63. The largest absolute Gasteiger partial charge is 0.333 e. The summed E-state index contributed by atoms with van der Waals surface area (Å²) in [4.78, 5) is 0. The lowest BCUT2D eigenvalue weighted by Gasteiger charge is -2.15. The summed E-state index contributed by atoms with van der Waals surface area (Å²) >= 11 is 0. The minimum atomic E-state index is 1.03. The Labute approximate surface area is 193 Å². The highest BCUT2D eigenvalue weighted by Crippen LogP contribution is 2.22. The Kier molecular flexibility index (Phi) is 20.4. The zero-order chi connectivity index (χ0) is 23.2. The highest BCUT2D eigenvalue weighted by Gasteiger charge is 2.06. The lowest BCUT2D eigenvalue weighted by atomic mass is 9.91. The van der Waals surface area contributed by atoms with Gasteiger partial charge in [-0.15, -0.1) is 0 Å². The Morgan fingerprint density at radius 3 is 1.03 bits per heavy atom. The van der Waals surface area contributed by atoms with Crippen LogP contribution in [0.4, 0.5) is 0 Å². The summed E-state index contributed by atoms with van der Waals surface area (Å²) in [5, 5.41) is 0. The van der Waals surface area contributed by atoms with E-state index in [2.05, 4.69) is 86.0 Å². The van der Waals surface area contributed by atoms with Gasteiger partial charge in [0, 0.05) is 0 Å². The average Bonchev–Trinajstić information content (AvgIpc) is 2.85. The molecule has 0 spiro atoms. The molecule has 2 heteroatoms. The quantitative estimate of drug-likeness (QED) is 0.519. The van der Waals surface area contributed by atoms with Crippen LogP contribution >= 0.6 is 0 Å². The van der Waals surface area contributed by atoms with Crippen LogP contribution in [-0.4, -0.2) is 14.1 Å². The SMILES string of the molecule is CC1CCCCC1.CC1CCCCC1.CN.CN.c1ccc(Cc2ccccc2)cc1. The van der Waals surface area contributed by atoms with Gasteiger partial charge in [0.2, 0.25) is 0 Å². The van der Waals surface area contributed by atoms with E-state index < -0.39 is 0 Å². The van der Waals surface area contributed by atoms with Gasteiger partial charge < -0.3 is 11.5 Å². The molecule has 2 aromatic carbocycles. The second-order valence-electron chi connectivity index (χ2n) is 8.63. The minimum absolute atomic E-state index is 1.03. The molecule has 0 saturated heterocycles. The smallest absolute Gasteiger partial charge is 0.00258 e. The van der Waals surface area contributed by atoms with E-state index >= 15 is 0 Å². The molecule has 0 unspecified atom stereocenters. The van der Waals surface area contributed by atoms with E-state index in [4.69, 9.17) is 0 Å². The van der Waals surface area contributed by atoms with Crippen LogP contribution in [0.3, 0.4) is 0 Å². The van der Waals surface area contributed by atoms with Crippen molar-refractivity contribution >= 4 is 0 Å². The van der Waals surface area contributed by atoms with Crippen molar-refractivity contribution in [2.45, 2.75) is 84.5 Å². The summed E-state index contributed by atoms with van der Waals surface area (Å²) in [5.41, 5.74) is 11.7. The van der Waals surface area contributed by atoms with Gasteiger partial charge in [-0.1, -0.05) is 139 Å². The van der Waals surface area contributed by atoms with Gasteiger partial charge in [-0.3, -0.25) is 0 Å². The van der Waals surface area contributed by atoms with Crippen LogP contribution in [0, 0.1) is 11.8 Å². The number of benzene rings is 2. The van der Waals surface area contributed by atoms with Crippen LogP contribution in [0.15, 0.2) is 60.7 Å². The minimum Gasteiger partial charge on any atom is -0.333 e. The Morgan fingerprint density at radius 2 is 0.806 bits per heavy atom. The number of nitrogens with two attached hydrogens (primary N) is 2. The molecule has 0 atom stereocenters. The van der Waals surface area contributed by atoms with E-state index in [1.165, 1.54) is 89.4 Å². The van der Waals surface area contributed by atoms with Crippen molar-refractivity contribution in [3.63, 3.8) is 0 Å². The molecule has 0 aliphatic heterocycles. The molecule has 2 nitrogen and oxygen atoms in total. The van der Waals surface area contributed by atoms with Gasteiger partial charge in [0.15, 0.2) is 0 Å². The van der Waals surface area contributed by atoms with E-state index in [-0.39, 0.29) is 0 Å². The molecule has 0 radical (unpaired) electrons. The molecular formula is C29H50N2. The normalized spacial score (nSPS) is 15.9. The molecule has 2 aliphatic rings. The van der Waals surface area contributed by atoms with Crippen molar-refractivity contribution in [1.29, 1.82) is 0 Å². The molecule has 2 fully saturated rings. The van der Waals surface area contributed by atoms with Gasteiger partial charge in [-0.2, -0.15) is 0 Å². The molecule has 31 heavy (non-hydrogen) atoms. The van der Waals surface area contributed by atoms with Crippen LogP contribution in [0.2, 0.25) is 0 Å². The first-order chi connectivity index (χ1) is 15.2. The molecule has 0 aromatic heterocycles. The van der Waals surface area contributed by atoms with Crippen molar-refractivity contribution in [1.82, 2.24) is 0 Å². The summed E-state index contributed by atoms with van der Waals surface area (Å²) in [7, 11) is 3.00. The highest BCUT2D eigenvalue weighted by molar-refractivity contribution is 5.25. The fourth-order valence-corrected chi connectivity index (χ4v) is 4.04.